The van der Waals surface area contributed by atoms with Crippen molar-refractivity contribution in [2.45, 2.75) is 13.0 Å². The molecule has 3 aromatic rings. The second-order valence-corrected chi connectivity index (χ2v) is 5.72. The standard InChI is InChI=1S/C15H15N5OS/c21-14(16-9-8-13-7-4-10-22-13)11-20-18-15(17-19-20)12-5-2-1-3-6-12/h1-7,10H,8-9,11H2,(H,16,21). The van der Waals surface area contributed by atoms with Gasteiger partial charge in [0.15, 0.2) is 0 Å². The van der Waals surface area contributed by atoms with Crippen LogP contribution >= 0.6 is 11.3 Å². The van der Waals surface area contributed by atoms with Crippen LogP contribution in [0.15, 0.2) is 47.8 Å². The Bertz CT molecular complexity index is 723. The van der Waals surface area contributed by atoms with E-state index in [0.29, 0.717) is 12.4 Å². The summed E-state index contributed by atoms with van der Waals surface area (Å²) in [6, 6.07) is 13.6. The topological polar surface area (TPSA) is 72.7 Å². The molecule has 6 nitrogen and oxygen atoms in total. The van der Waals surface area contributed by atoms with Gasteiger partial charge in [0.1, 0.15) is 6.54 Å². The molecule has 2 heterocycles. The molecule has 22 heavy (non-hydrogen) atoms. The van der Waals surface area contributed by atoms with E-state index in [9.17, 15) is 4.79 Å². The van der Waals surface area contributed by atoms with Gasteiger partial charge in [0.25, 0.3) is 0 Å². The van der Waals surface area contributed by atoms with Crippen LogP contribution in [-0.4, -0.2) is 32.7 Å². The van der Waals surface area contributed by atoms with Crippen LogP contribution in [0.3, 0.4) is 0 Å². The number of amides is 1. The highest BCUT2D eigenvalue weighted by atomic mass is 32.1. The van der Waals surface area contributed by atoms with E-state index < -0.39 is 0 Å². The molecule has 0 saturated carbocycles. The zero-order valence-electron chi connectivity index (χ0n) is 11.8. The molecule has 0 unspecified atom stereocenters. The van der Waals surface area contributed by atoms with E-state index in [1.165, 1.54) is 9.67 Å². The first-order valence-corrected chi connectivity index (χ1v) is 7.81. The molecule has 2 aromatic heterocycles. The largest absolute Gasteiger partial charge is 0.354 e. The number of nitrogens with zero attached hydrogens (tertiary/aromatic N) is 4. The number of aromatic nitrogens is 4. The summed E-state index contributed by atoms with van der Waals surface area (Å²) in [7, 11) is 0. The molecule has 0 radical (unpaired) electrons. The number of benzene rings is 1. The van der Waals surface area contributed by atoms with Gasteiger partial charge in [-0.3, -0.25) is 4.79 Å². The molecule has 112 valence electrons. The van der Waals surface area contributed by atoms with Crippen molar-refractivity contribution in [1.82, 2.24) is 25.5 Å². The van der Waals surface area contributed by atoms with Gasteiger partial charge < -0.3 is 5.32 Å². The minimum Gasteiger partial charge on any atom is -0.354 e. The molecule has 7 heteroatoms. The Hall–Kier alpha value is -2.54. The lowest BCUT2D eigenvalue weighted by Gasteiger charge is -2.02. The Balaban J connectivity index is 1.50. The van der Waals surface area contributed by atoms with Gasteiger partial charge in [0.2, 0.25) is 11.7 Å². The molecule has 1 N–H and O–H groups in total. The van der Waals surface area contributed by atoms with E-state index in [4.69, 9.17) is 0 Å². The first-order valence-electron chi connectivity index (χ1n) is 6.93. The van der Waals surface area contributed by atoms with Crippen LogP contribution in [0.1, 0.15) is 4.88 Å². The van der Waals surface area contributed by atoms with Gasteiger partial charge in [0.05, 0.1) is 0 Å². The SMILES string of the molecule is O=C(Cn1nnc(-c2ccccc2)n1)NCCc1cccs1. The van der Waals surface area contributed by atoms with Gasteiger partial charge >= 0.3 is 0 Å². The predicted octanol–water partition coefficient (Wildman–Crippen LogP) is 1.76. The average Bonchev–Trinajstić information content (AvgIpc) is 3.20. The van der Waals surface area contributed by atoms with Gasteiger partial charge in [-0.05, 0) is 23.1 Å². The monoisotopic (exact) mass is 313 g/mol. The van der Waals surface area contributed by atoms with Crippen LogP contribution in [0.25, 0.3) is 11.4 Å². The van der Waals surface area contributed by atoms with Crippen molar-refractivity contribution in [3.8, 4) is 11.4 Å². The van der Waals surface area contributed by atoms with E-state index in [1.54, 1.807) is 11.3 Å². The van der Waals surface area contributed by atoms with Crippen molar-refractivity contribution in [2.75, 3.05) is 6.54 Å². The van der Waals surface area contributed by atoms with Gasteiger partial charge in [-0.2, -0.15) is 4.80 Å². The summed E-state index contributed by atoms with van der Waals surface area (Å²) in [5.41, 5.74) is 0.881. The van der Waals surface area contributed by atoms with Crippen molar-refractivity contribution in [3.63, 3.8) is 0 Å². The molecule has 0 aliphatic rings. The van der Waals surface area contributed by atoms with Crippen molar-refractivity contribution in [3.05, 3.63) is 52.7 Å². The van der Waals surface area contributed by atoms with Crippen molar-refractivity contribution >= 4 is 17.2 Å². The van der Waals surface area contributed by atoms with E-state index >= 15 is 0 Å². The fourth-order valence-electron chi connectivity index (χ4n) is 1.98. The molecule has 1 amide bonds. The molecular formula is C15H15N5OS. The summed E-state index contributed by atoms with van der Waals surface area (Å²) in [6.45, 7) is 0.684. The summed E-state index contributed by atoms with van der Waals surface area (Å²) in [6.07, 6.45) is 0.837. The van der Waals surface area contributed by atoms with Gasteiger partial charge in [-0.15, -0.1) is 21.5 Å². The third-order valence-electron chi connectivity index (χ3n) is 3.04. The smallest absolute Gasteiger partial charge is 0.243 e. The molecule has 0 spiro atoms. The molecule has 1 aromatic carbocycles. The van der Waals surface area contributed by atoms with Crippen molar-refractivity contribution in [2.24, 2.45) is 0 Å². The second-order valence-electron chi connectivity index (χ2n) is 4.69. The van der Waals surface area contributed by atoms with Gasteiger partial charge in [-0.1, -0.05) is 36.4 Å². The first kappa shape index (κ1) is 14.4. The van der Waals surface area contributed by atoms with Gasteiger partial charge in [0, 0.05) is 17.0 Å². The third-order valence-corrected chi connectivity index (χ3v) is 3.98. The zero-order valence-corrected chi connectivity index (χ0v) is 12.7. The number of nitrogens with one attached hydrogen (secondary N) is 1. The molecule has 0 saturated heterocycles. The Kier molecular flexibility index (Phi) is 4.55. The van der Waals surface area contributed by atoms with Crippen LogP contribution in [0, 0.1) is 0 Å². The fourth-order valence-corrected chi connectivity index (χ4v) is 2.69. The maximum atomic E-state index is 11.9. The lowest BCUT2D eigenvalue weighted by molar-refractivity contribution is -0.122. The fraction of sp³-hybridized carbons (Fsp3) is 0.200. The Morgan fingerprint density at radius 3 is 2.82 bits per heavy atom. The molecule has 0 aliphatic carbocycles. The van der Waals surface area contributed by atoms with E-state index in [1.807, 2.05) is 41.8 Å². The van der Waals surface area contributed by atoms with Crippen LogP contribution in [0.4, 0.5) is 0 Å². The van der Waals surface area contributed by atoms with Crippen LogP contribution < -0.4 is 5.32 Å². The highest BCUT2D eigenvalue weighted by molar-refractivity contribution is 7.09. The minimum atomic E-state index is -0.117. The summed E-state index contributed by atoms with van der Waals surface area (Å²) in [5.74, 6) is 0.403. The molecule has 3 rings (SSSR count). The third kappa shape index (κ3) is 3.76. The Morgan fingerprint density at radius 1 is 1.18 bits per heavy atom. The second kappa shape index (κ2) is 6.95. The first-order chi connectivity index (χ1) is 10.8. The number of hydrogen-bond donors (Lipinski definition) is 1. The van der Waals surface area contributed by atoms with E-state index in [2.05, 4.69) is 26.8 Å². The summed E-state index contributed by atoms with van der Waals surface area (Å²) < 4.78 is 0. The normalized spacial score (nSPS) is 10.5. The number of carbonyl (C=O) groups excluding carboxylic acids is 1. The van der Waals surface area contributed by atoms with E-state index in [-0.39, 0.29) is 12.5 Å². The lowest BCUT2D eigenvalue weighted by Crippen LogP contribution is -2.30. The van der Waals surface area contributed by atoms with Crippen molar-refractivity contribution in [1.29, 1.82) is 0 Å². The quantitative estimate of drug-likeness (QED) is 0.752. The number of thiophene rings is 1. The summed E-state index contributed by atoms with van der Waals surface area (Å²) in [5, 5.41) is 17.0. The Morgan fingerprint density at radius 2 is 2.05 bits per heavy atom. The molecule has 0 fully saturated rings. The van der Waals surface area contributed by atoms with E-state index in [0.717, 1.165) is 12.0 Å². The average molecular weight is 313 g/mol. The molecule has 0 bridgehead atoms. The minimum absolute atomic E-state index is 0.0737. The summed E-state index contributed by atoms with van der Waals surface area (Å²) >= 11 is 1.69. The zero-order chi connectivity index (χ0) is 15.2. The predicted molar refractivity (Wildman–Crippen MR) is 84.3 cm³/mol. The molecular weight excluding hydrogens is 298 g/mol. The number of rotatable bonds is 6. The number of tetrazole rings is 1. The van der Waals surface area contributed by atoms with Crippen LogP contribution in [0.2, 0.25) is 0 Å². The van der Waals surface area contributed by atoms with Crippen LogP contribution in [-0.2, 0) is 17.8 Å². The summed E-state index contributed by atoms with van der Waals surface area (Å²) in [4.78, 5) is 14.4. The number of carbonyl (C=O) groups is 1. The Labute approximate surface area is 131 Å². The highest BCUT2D eigenvalue weighted by Crippen LogP contribution is 2.11. The maximum absolute atomic E-state index is 11.9. The number of hydrogen-bond acceptors (Lipinski definition) is 5. The maximum Gasteiger partial charge on any atom is 0.243 e. The molecule has 0 aliphatic heterocycles. The van der Waals surface area contributed by atoms with Crippen molar-refractivity contribution < 1.29 is 4.79 Å². The molecule has 0 atom stereocenters. The highest BCUT2D eigenvalue weighted by Gasteiger charge is 2.08. The van der Waals surface area contributed by atoms with Gasteiger partial charge in [-0.25, -0.2) is 0 Å². The van der Waals surface area contributed by atoms with Crippen LogP contribution in [0.5, 0.6) is 0 Å². The lowest BCUT2D eigenvalue weighted by atomic mass is 10.2.